The van der Waals surface area contributed by atoms with Crippen LogP contribution in [0, 0.1) is 0 Å². The molecule has 2 N–H and O–H groups in total. The van der Waals surface area contributed by atoms with E-state index in [0.717, 1.165) is 10.0 Å². The van der Waals surface area contributed by atoms with Crippen molar-refractivity contribution in [1.29, 1.82) is 0 Å². The number of halogens is 1. The molecular weight excluding hydrogens is 324 g/mol. The van der Waals surface area contributed by atoms with Crippen molar-refractivity contribution in [3.8, 4) is 12.0 Å². The topological polar surface area (TPSA) is 83.2 Å². The van der Waals surface area contributed by atoms with Gasteiger partial charge in [-0.1, -0.05) is 28.1 Å². The van der Waals surface area contributed by atoms with Crippen molar-refractivity contribution < 1.29 is 9.47 Å². The fraction of sp³-hybridized carbons (Fsp3) is 0.308. The summed E-state index contributed by atoms with van der Waals surface area (Å²) < 4.78 is 11.9. The van der Waals surface area contributed by atoms with Crippen LogP contribution in [0.2, 0.25) is 0 Å². The number of ether oxygens (including phenoxy) is 2. The second-order valence-electron chi connectivity index (χ2n) is 4.34. The van der Waals surface area contributed by atoms with Crippen LogP contribution in [0.5, 0.6) is 12.0 Å². The van der Waals surface area contributed by atoms with Gasteiger partial charge < -0.3 is 15.2 Å². The molecule has 1 aromatic heterocycles. The minimum absolute atomic E-state index is 0.0453. The third kappa shape index (κ3) is 4.34. The highest BCUT2D eigenvalue weighted by Gasteiger charge is 2.08. The Labute approximate surface area is 125 Å². The van der Waals surface area contributed by atoms with Gasteiger partial charge in [-0.3, -0.25) is 0 Å². The van der Waals surface area contributed by atoms with Crippen LogP contribution < -0.4 is 15.2 Å². The highest BCUT2D eigenvalue weighted by atomic mass is 79.9. The average Bonchev–Trinajstić information content (AvgIpc) is 2.36. The van der Waals surface area contributed by atoms with Crippen molar-refractivity contribution in [2.45, 2.75) is 26.6 Å². The molecule has 0 aliphatic carbocycles. The van der Waals surface area contributed by atoms with Gasteiger partial charge in [0.05, 0.1) is 6.10 Å². The monoisotopic (exact) mass is 338 g/mol. The number of aromatic nitrogens is 3. The molecule has 0 radical (unpaired) electrons. The van der Waals surface area contributed by atoms with Gasteiger partial charge >= 0.3 is 12.0 Å². The van der Waals surface area contributed by atoms with Crippen molar-refractivity contribution in [3.05, 3.63) is 34.3 Å². The first-order valence-electron chi connectivity index (χ1n) is 6.08. The van der Waals surface area contributed by atoms with Gasteiger partial charge in [-0.15, -0.1) is 4.98 Å². The van der Waals surface area contributed by atoms with Gasteiger partial charge in [0.1, 0.15) is 6.61 Å². The summed E-state index contributed by atoms with van der Waals surface area (Å²) in [7, 11) is 0. The Morgan fingerprint density at radius 2 is 1.75 bits per heavy atom. The molecular formula is C13H15BrN4O2. The van der Waals surface area contributed by atoms with Gasteiger partial charge in [0.2, 0.25) is 5.95 Å². The highest BCUT2D eigenvalue weighted by molar-refractivity contribution is 9.10. The van der Waals surface area contributed by atoms with Crippen LogP contribution in [0.25, 0.3) is 0 Å². The zero-order valence-electron chi connectivity index (χ0n) is 11.2. The Morgan fingerprint density at radius 1 is 1.10 bits per heavy atom. The average molecular weight is 339 g/mol. The Morgan fingerprint density at radius 3 is 2.40 bits per heavy atom. The van der Waals surface area contributed by atoms with E-state index < -0.39 is 0 Å². The fourth-order valence-electron chi connectivity index (χ4n) is 1.41. The number of nitrogens with zero attached hydrogens (tertiary/aromatic N) is 3. The Bertz CT molecular complexity index is 575. The molecule has 0 amide bonds. The molecule has 0 saturated heterocycles. The van der Waals surface area contributed by atoms with E-state index in [9.17, 15) is 0 Å². The van der Waals surface area contributed by atoms with E-state index >= 15 is 0 Å². The lowest BCUT2D eigenvalue weighted by atomic mass is 10.2. The van der Waals surface area contributed by atoms with E-state index in [0.29, 0.717) is 6.61 Å². The van der Waals surface area contributed by atoms with Gasteiger partial charge in [-0.2, -0.15) is 9.97 Å². The zero-order valence-corrected chi connectivity index (χ0v) is 12.8. The summed E-state index contributed by atoms with van der Waals surface area (Å²) in [6, 6.07) is 8.08. The van der Waals surface area contributed by atoms with Crippen LogP contribution in [-0.2, 0) is 6.61 Å². The molecule has 106 valence electrons. The van der Waals surface area contributed by atoms with E-state index in [2.05, 4.69) is 30.9 Å². The minimum atomic E-state index is -0.0453. The molecule has 0 bridgehead atoms. The van der Waals surface area contributed by atoms with Crippen LogP contribution in [0.1, 0.15) is 19.4 Å². The first-order valence-corrected chi connectivity index (χ1v) is 6.87. The van der Waals surface area contributed by atoms with Crippen molar-refractivity contribution in [1.82, 2.24) is 15.0 Å². The lowest BCUT2D eigenvalue weighted by molar-refractivity contribution is 0.212. The largest absolute Gasteiger partial charge is 0.461 e. The number of nitrogen functional groups attached to an aromatic ring is 1. The molecule has 0 fully saturated rings. The Kier molecular flexibility index (Phi) is 4.73. The number of hydrogen-bond acceptors (Lipinski definition) is 6. The summed E-state index contributed by atoms with van der Waals surface area (Å²) in [6.07, 6.45) is -0.0453. The van der Waals surface area contributed by atoms with Crippen LogP contribution in [0.15, 0.2) is 28.7 Å². The van der Waals surface area contributed by atoms with Crippen LogP contribution in [-0.4, -0.2) is 21.1 Å². The zero-order chi connectivity index (χ0) is 14.5. The summed E-state index contributed by atoms with van der Waals surface area (Å²) in [5.74, 6) is 0.0708. The third-order valence-electron chi connectivity index (χ3n) is 2.23. The van der Waals surface area contributed by atoms with E-state index in [-0.39, 0.29) is 24.1 Å². The van der Waals surface area contributed by atoms with E-state index in [1.54, 1.807) is 0 Å². The number of rotatable bonds is 5. The van der Waals surface area contributed by atoms with Gasteiger partial charge in [-0.25, -0.2) is 0 Å². The van der Waals surface area contributed by atoms with Crippen LogP contribution >= 0.6 is 15.9 Å². The van der Waals surface area contributed by atoms with Crippen LogP contribution in [0.3, 0.4) is 0 Å². The lowest BCUT2D eigenvalue weighted by Gasteiger charge is -2.09. The molecule has 2 rings (SSSR count). The maximum absolute atomic E-state index is 5.60. The summed E-state index contributed by atoms with van der Waals surface area (Å²) in [5.41, 5.74) is 6.59. The molecule has 1 aromatic carbocycles. The molecule has 20 heavy (non-hydrogen) atoms. The maximum Gasteiger partial charge on any atom is 0.324 e. The first kappa shape index (κ1) is 14.5. The fourth-order valence-corrected chi connectivity index (χ4v) is 1.67. The van der Waals surface area contributed by atoms with Crippen molar-refractivity contribution in [2.24, 2.45) is 0 Å². The van der Waals surface area contributed by atoms with E-state index in [4.69, 9.17) is 15.2 Å². The van der Waals surface area contributed by atoms with Gasteiger partial charge in [0, 0.05) is 4.47 Å². The normalized spacial score (nSPS) is 10.6. The summed E-state index contributed by atoms with van der Waals surface area (Å²) in [5, 5.41) is 0. The Hall–Kier alpha value is -1.89. The van der Waals surface area contributed by atoms with Gasteiger partial charge in [-0.05, 0) is 31.5 Å². The molecule has 0 spiro atoms. The minimum Gasteiger partial charge on any atom is -0.461 e. The molecule has 6 nitrogen and oxygen atoms in total. The second-order valence-corrected chi connectivity index (χ2v) is 5.26. The molecule has 0 aliphatic heterocycles. The predicted molar refractivity (Wildman–Crippen MR) is 78.5 cm³/mol. The maximum atomic E-state index is 5.60. The molecule has 1 heterocycles. The van der Waals surface area contributed by atoms with Crippen molar-refractivity contribution in [3.63, 3.8) is 0 Å². The van der Waals surface area contributed by atoms with Gasteiger partial charge in [0.15, 0.2) is 0 Å². The van der Waals surface area contributed by atoms with Crippen molar-refractivity contribution in [2.75, 3.05) is 5.73 Å². The smallest absolute Gasteiger partial charge is 0.324 e. The lowest BCUT2D eigenvalue weighted by Crippen LogP contribution is -2.11. The first-order chi connectivity index (χ1) is 9.52. The van der Waals surface area contributed by atoms with Crippen molar-refractivity contribution >= 4 is 21.9 Å². The summed E-state index contributed by atoms with van der Waals surface area (Å²) >= 11 is 3.38. The van der Waals surface area contributed by atoms with E-state index in [1.807, 2.05) is 38.1 Å². The summed E-state index contributed by atoms with van der Waals surface area (Å²) in [4.78, 5) is 11.9. The molecule has 0 aliphatic rings. The molecule has 0 unspecified atom stereocenters. The highest BCUT2D eigenvalue weighted by Crippen LogP contribution is 2.15. The molecule has 0 saturated carbocycles. The summed E-state index contributed by atoms with van der Waals surface area (Å²) in [6.45, 7) is 4.10. The number of nitrogens with two attached hydrogens (primary N) is 1. The number of anilines is 1. The molecule has 7 heteroatoms. The predicted octanol–water partition coefficient (Wildman–Crippen LogP) is 2.58. The third-order valence-corrected chi connectivity index (χ3v) is 2.76. The number of benzene rings is 1. The standard InChI is InChI=1S/C13H15BrN4O2/c1-8(2)20-13-17-11(15)16-12(18-13)19-7-9-3-5-10(14)6-4-9/h3-6,8H,7H2,1-2H3,(H2,15,16,17,18). The quantitative estimate of drug-likeness (QED) is 0.901. The second kappa shape index (κ2) is 6.51. The van der Waals surface area contributed by atoms with Crippen LogP contribution in [0.4, 0.5) is 5.95 Å². The molecule has 2 aromatic rings. The SMILES string of the molecule is CC(C)Oc1nc(N)nc(OCc2ccc(Br)cc2)n1. The molecule has 0 atom stereocenters. The van der Waals surface area contributed by atoms with Gasteiger partial charge in [0.25, 0.3) is 0 Å². The van der Waals surface area contributed by atoms with E-state index in [1.165, 1.54) is 0 Å². The number of hydrogen-bond donors (Lipinski definition) is 1. The Balaban J connectivity index is 2.05.